The van der Waals surface area contributed by atoms with Crippen LogP contribution in [-0.2, 0) is 12.8 Å². The molecule has 5 rings (SSSR count). The van der Waals surface area contributed by atoms with Gasteiger partial charge in [0.05, 0.1) is 15.7 Å². The van der Waals surface area contributed by atoms with Crippen LogP contribution in [0.25, 0.3) is 11.1 Å². The molecule has 0 unspecified atom stereocenters. The highest BCUT2D eigenvalue weighted by Crippen LogP contribution is 2.45. The van der Waals surface area contributed by atoms with Gasteiger partial charge in [0.25, 0.3) is 0 Å². The number of halogens is 2. The van der Waals surface area contributed by atoms with Gasteiger partial charge in [-0.15, -0.1) is 0 Å². The molecule has 172 valence electrons. The first kappa shape index (κ1) is 23.7. The first-order chi connectivity index (χ1) is 16.0. The van der Waals surface area contributed by atoms with Crippen molar-refractivity contribution in [1.29, 1.82) is 0 Å². The van der Waals surface area contributed by atoms with Crippen LogP contribution in [0.15, 0.2) is 42.5 Å². The second-order valence-corrected chi connectivity index (χ2v) is 9.48. The van der Waals surface area contributed by atoms with Gasteiger partial charge < -0.3 is 10.6 Å². The van der Waals surface area contributed by atoms with E-state index < -0.39 is 0 Å². The minimum atomic E-state index is 0.344. The zero-order valence-electron chi connectivity index (χ0n) is 18.9. The van der Waals surface area contributed by atoms with Crippen LogP contribution in [0.1, 0.15) is 40.2 Å². The van der Waals surface area contributed by atoms with Gasteiger partial charge in [-0.2, -0.15) is 0 Å². The van der Waals surface area contributed by atoms with E-state index in [1.807, 2.05) is 19.1 Å². The number of aldehydes is 1. The average Bonchev–Trinajstić information content (AvgIpc) is 3.20. The Hall–Kier alpha value is -2.47. The van der Waals surface area contributed by atoms with Crippen molar-refractivity contribution < 1.29 is 4.79 Å². The maximum absolute atomic E-state index is 11.9. The molecule has 7 heteroatoms. The molecule has 5 nitrogen and oxygen atoms in total. The van der Waals surface area contributed by atoms with Crippen molar-refractivity contribution in [2.24, 2.45) is 11.1 Å². The van der Waals surface area contributed by atoms with Crippen LogP contribution in [0.4, 0.5) is 5.95 Å². The SMILES string of the molecule is CN.Cc1nc(N2CCC3(CC2)Cc2ccccc2C3)nc(C=O)c1-c1cccc(Cl)c1Cl. The topological polar surface area (TPSA) is 72.1 Å². The molecule has 0 radical (unpaired) electrons. The van der Waals surface area contributed by atoms with Crippen LogP contribution in [0.5, 0.6) is 0 Å². The first-order valence-corrected chi connectivity index (χ1v) is 11.9. The Morgan fingerprint density at radius 3 is 2.21 bits per heavy atom. The molecule has 0 amide bonds. The lowest BCUT2D eigenvalue weighted by Crippen LogP contribution is -2.41. The summed E-state index contributed by atoms with van der Waals surface area (Å²) in [6.07, 6.45) is 5.29. The molecule has 2 aliphatic rings. The third-order valence-electron chi connectivity index (χ3n) is 6.79. The minimum absolute atomic E-state index is 0.344. The summed E-state index contributed by atoms with van der Waals surface area (Å²) in [6.45, 7) is 3.68. The van der Waals surface area contributed by atoms with Crippen molar-refractivity contribution in [2.45, 2.75) is 32.6 Å². The highest BCUT2D eigenvalue weighted by Gasteiger charge is 2.40. The summed E-state index contributed by atoms with van der Waals surface area (Å²) in [7, 11) is 1.50. The van der Waals surface area contributed by atoms with E-state index in [2.05, 4.69) is 39.9 Å². The van der Waals surface area contributed by atoms with Crippen LogP contribution in [0.2, 0.25) is 10.0 Å². The zero-order chi connectivity index (χ0) is 23.6. The Morgan fingerprint density at radius 1 is 0.970 bits per heavy atom. The summed E-state index contributed by atoms with van der Waals surface area (Å²) in [5.41, 5.74) is 10.2. The number of carbonyl (C=O) groups excluding carboxylic acids is 1. The van der Waals surface area contributed by atoms with E-state index in [0.717, 1.165) is 50.8 Å². The number of nitrogens with two attached hydrogens (primary N) is 1. The zero-order valence-corrected chi connectivity index (χ0v) is 20.5. The quantitative estimate of drug-likeness (QED) is 0.496. The second-order valence-electron chi connectivity index (χ2n) is 8.70. The number of rotatable bonds is 3. The molecule has 33 heavy (non-hydrogen) atoms. The van der Waals surface area contributed by atoms with E-state index in [1.54, 1.807) is 6.07 Å². The molecule has 0 bridgehead atoms. The summed E-state index contributed by atoms with van der Waals surface area (Å²) in [5, 5.41) is 0.853. The molecule has 1 saturated heterocycles. The lowest BCUT2D eigenvalue weighted by molar-refractivity contribution is 0.111. The number of hydrogen-bond donors (Lipinski definition) is 1. The van der Waals surface area contributed by atoms with Crippen LogP contribution in [-0.4, -0.2) is 36.4 Å². The van der Waals surface area contributed by atoms with Gasteiger partial charge in [0.2, 0.25) is 5.95 Å². The molecule has 1 spiro atoms. The molecule has 1 aliphatic heterocycles. The molecule has 0 atom stereocenters. The smallest absolute Gasteiger partial charge is 0.226 e. The number of piperidine rings is 1. The van der Waals surface area contributed by atoms with E-state index in [4.69, 9.17) is 28.2 Å². The van der Waals surface area contributed by atoms with Gasteiger partial charge in [-0.05, 0) is 62.3 Å². The van der Waals surface area contributed by atoms with Crippen molar-refractivity contribution >= 4 is 35.4 Å². The summed E-state index contributed by atoms with van der Waals surface area (Å²) in [6, 6.07) is 14.2. The molecule has 1 aliphatic carbocycles. The van der Waals surface area contributed by atoms with Crippen molar-refractivity contribution in [3.63, 3.8) is 0 Å². The fourth-order valence-corrected chi connectivity index (χ4v) is 5.54. The van der Waals surface area contributed by atoms with Gasteiger partial charge in [0.1, 0.15) is 5.69 Å². The van der Waals surface area contributed by atoms with Crippen LogP contribution in [0.3, 0.4) is 0 Å². The predicted octanol–water partition coefficient (Wildman–Crippen LogP) is 5.53. The van der Waals surface area contributed by atoms with Crippen molar-refractivity contribution in [3.8, 4) is 11.1 Å². The first-order valence-electron chi connectivity index (χ1n) is 11.2. The van der Waals surface area contributed by atoms with Gasteiger partial charge in [0, 0.05) is 24.2 Å². The number of carbonyl (C=O) groups is 1. The number of aromatic nitrogens is 2. The number of hydrogen-bond acceptors (Lipinski definition) is 5. The van der Waals surface area contributed by atoms with E-state index in [-0.39, 0.29) is 0 Å². The number of fused-ring (bicyclic) bond motifs is 1. The molecule has 2 heterocycles. The van der Waals surface area contributed by atoms with Crippen LogP contribution in [0, 0.1) is 12.3 Å². The Labute approximate surface area is 204 Å². The Morgan fingerprint density at radius 2 is 1.61 bits per heavy atom. The number of anilines is 1. The predicted molar refractivity (Wildman–Crippen MR) is 135 cm³/mol. The van der Waals surface area contributed by atoms with E-state index in [1.165, 1.54) is 18.2 Å². The van der Waals surface area contributed by atoms with Gasteiger partial charge in [-0.1, -0.05) is 59.6 Å². The van der Waals surface area contributed by atoms with Crippen molar-refractivity contribution in [1.82, 2.24) is 9.97 Å². The lowest BCUT2D eigenvalue weighted by Gasteiger charge is -2.39. The largest absolute Gasteiger partial charge is 0.341 e. The maximum atomic E-state index is 11.9. The molecule has 3 aromatic rings. The summed E-state index contributed by atoms with van der Waals surface area (Å²) < 4.78 is 0. The van der Waals surface area contributed by atoms with Gasteiger partial charge in [0.15, 0.2) is 6.29 Å². The Kier molecular flexibility index (Phi) is 7.03. The molecule has 2 N–H and O–H groups in total. The molecule has 0 saturated carbocycles. The van der Waals surface area contributed by atoms with Crippen LogP contribution >= 0.6 is 23.2 Å². The molecular weight excluding hydrogens is 455 g/mol. The molecular formula is C26H28Cl2N4O. The normalized spacial score (nSPS) is 16.2. The third-order valence-corrected chi connectivity index (χ3v) is 7.61. The fraction of sp³-hybridized carbons (Fsp3) is 0.346. The Balaban J connectivity index is 0.00000126. The highest BCUT2D eigenvalue weighted by molar-refractivity contribution is 6.43. The van der Waals surface area contributed by atoms with Crippen LogP contribution < -0.4 is 10.6 Å². The van der Waals surface area contributed by atoms with Crippen molar-refractivity contribution in [2.75, 3.05) is 25.0 Å². The summed E-state index contributed by atoms with van der Waals surface area (Å²) in [4.78, 5) is 23.5. The maximum Gasteiger partial charge on any atom is 0.226 e. The summed E-state index contributed by atoms with van der Waals surface area (Å²) >= 11 is 12.6. The molecule has 1 aromatic heterocycles. The number of nitrogens with zero attached hydrogens (tertiary/aromatic N) is 3. The average molecular weight is 483 g/mol. The molecule has 1 fully saturated rings. The second kappa shape index (κ2) is 9.80. The van der Waals surface area contributed by atoms with Gasteiger partial charge in [-0.3, -0.25) is 4.79 Å². The fourth-order valence-electron chi connectivity index (χ4n) is 5.14. The standard InChI is InChI=1S/C25H23Cl2N3O.CH5N/c1-16-22(19-7-4-8-20(26)23(19)27)21(15-31)29-24(28-16)30-11-9-25(10-12-30)13-17-5-2-3-6-18(17)14-25;1-2/h2-8,15H,9-14H2,1H3;2H2,1H3. The number of aryl methyl sites for hydroxylation is 1. The van der Waals surface area contributed by atoms with Gasteiger partial charge >= 0.3 is 0 Å². The van der Waals surface area contributed by atoms with E-state index >= 15 is 0 Å². The monoisotopic (exact) mass is 482 g/mol. The number of benzene rings is 2. The van der Waals surface area contributed by atoms with Gasteiger partial charge in [-0.25, -0.2) is 9.97 Å². The lowest BCUT2D eigenvalue weighted by atomic mass is 9.76. The highest BCUT2D eigenvalue weighted by atomic mass is 35.5. The molecule has 2 aromatic carbocycles. The van der Waals surface area contributed by atoms with Crippen molar-refractivity contribution in [3.05, 3.63) is 75.0 Å². The summed E-state index contributed by atoms with van der Waals surface area (Å²) in [5.74, 6) is 0.617. The van der Waals surface area contributed by atoms with E-state index in [0.29, 0.717) is 38.2 Å². The van der Waals surface area contributed by atoms with E-state index in [9.17, 15) is 4.79 Å². The Bertz CT molecular complexity index is 1150. The third kappa shape index (κ3) is 4.50. The minimum Gasteiger partial charge on any atom is -0.341 e.